The summed E-state index contributed by atoms with van der Waals surface area (Å²) < 4.78 is 0. The average molecular weight is 755 g/mol. The molecule has 1 aliphatic carbocycles. The summed E-state index contributed by atoms with van der Waals surface area (Å²) >= 11 is 0. The SMILES string of the molecule is CC1(C)c2ccccc2-c2ccc(-c3ccc(-c4nc(-c5ccccc5)nc(-c5ccc(-c6cccc7c(-c8ccccc8)nc8ccccc8c67)cc5)n4)cc3)cc21. The number of aromatic nitrogens is 4. The summed E-state index contributed by atoms with van der Waals surface area (Å²) in [6.45, 7) is 4.65. The van der Waals surface area contributed by atoms with Gasteiger partial charge in [0.1, 0.15) is 0 Å². The highest BCUT2D eigenvalue weighted by Gasteiger charge is 2.35. The normalized spacial score (nSPS) is 12.7. The topological polar surface area (TPSA) is 51.6 Å². The number of benzene rings is 8. The highest BCUT2D eigenvalue weighted by molar-refractivity contribution is 6.17. The molecule has 0 radical (unpaired) electrons. The van der Waals surface area contributed by atoms with Gasteiger partial charge in [0, 0.05) is 43.8 Å². The number of fused-ring (bicyclic) bond motifs is 6. The smallest absolute Gasteiger partial charge is 0.164 e. The predicted molar refractivity (Wildman–Crippen MR) is 243 cm³/mol. The molecule has 0 spiro atoms. The molecule has 10 aromatic rings. The van der Waals surface area contributed by atoms with E-state index in [1.165, 1.54) is 33.2 Å². The van der Waals surface area contributed by atoms with Crippen LogP contribution in [0.25, 0.3) is 100 Å². The number of hydrogen-bond acceptors (Lipinski definition) is 4. The lowest BCUT2D eigenvalue weighted by molar-refractivity contribution is 0.660. The minimum atomic E-state index is -0.0537. The molecular weight excluding hydrogens is 717 g/mol. The van der Waals surface area contributed by atoms with Crippen molar-refractivity contribution < 1.29 is 0 Å². The Morgan fingerprint density at radius 1 is 0.322 bits per heavy atom. The molecule has 11 rings (SSSR count). The van der Waals surface area contributed by atoms with Gasteiger partial charge in [0.25, 0.3) is 0 Å². The first-order chi connectivity index (χ1) is 29.0. The summed E-state index contributed by atoms with van der Waals surface area (Å²) in [5, 5.41) is 3.45. The molecule has 2 aromatic heterocycles. The van der Waals surface area contributed by atoms with Gasteiger partial charge < -0.3 is 0 Å². The summed E-state index contributed by atoms with van der Waals surface area (Å²) in [4.78, 5) is 20.3. The molecule has 4 heteroatoms. The first-order valence-electron chi connectivity index (χ1n) is 20.1. The predicted octanol–water partition coefficient (Wildman–Crippen LogP) is 13.9. The van der Waals surface area contributed by atoms with E-state index in [1.807, 2.05) is 36.4 Å². The van der Waals surface area contributed by atoms with E-state index in [2.05, 4.69) is 172 Å². The van der Waals surface area contributed by atoms with Gasteiger partial charge in [0.2, 0.25) is 0 Å². The van der Waals surface area contributed by atoms with Crippen molar-refractivity contribution in [3.8, 4) is 78.8 Å². The molecule has 0 bridgehead atoms. The third-order valence-corrected chi connectivity index (χ3v) is 12.0. The summed E-state index contributed by atoms with van der Waals surface area (Å²) in [6.07, 6.45) is 0. The van der Waals surface area contributed by atoms with Crippen LogP contribution in [0.1, 0.15) is 25.0 Å². The summed E-state index contributed by atoms with van der Waals surface area (Å²) in [7, 11) is 0. The molecule has 0 saturated heterocycles. The highest BCUT2D eigenvalue weighted by Crippen LogP contribution is 2.49. The van der Waals surface area contributed by atoms with Crippen LogP contribution >= 0.6 is 0 Å². The molecule has 0 N–H and O–H groups in total. The van der Waals surface area contributed by atoms with Crippen LogP contribution in [0.3, 0.4) is 0 Å². The Morgan fingerprint density at radius 3 is 1.51 bits per heavy atom. The van der Waals surface area contributed by atoms with Crippen LogP contribution in [0.5, 0.6) is 0 Å². The Kier molecular flexibility index (Phi) is 8.12. The zero-order valence-corrected chi connectivity index (χ0v) is 32.8. The number of pyridine rings is 1. The van der Waals surface area contributed by atoms with E-state index in [1.54, 1.807) is 0 Å². The van der Waals surface area contributed by atoms with Crippen LogP contribution in [-0.4, -0.2) is 19.9 Å². The van der Waals surface area contributed by atoms with Crippen LogP contribution in [0.15, 0.2) is 194 Å². The fourth-order valence-corrected chi connectivity index (χ4v) is 8.90. The number of para-hydroxylation sites is 1. The fraction of sp³-hybridized carbons (Fsp3) is 0.0545. The van der Waals surface area contributed by atoms with Crippen LogP contribution in [0.2, 0.25) is 0 Å². The van der Waals surface area contributed by atoms with E-state index in [0.29, 0.717) is 17.5 Å². The lowest BCUT2D eigenvalue weighted by Gasteiger charge is -2.22. The molecule has 0 fully saturated rings. The van der Waals surface area contributed by atoms with Gasteiger partial charge in [0.05, 0.1) is 11.2 Å². The second-order valence-corrected chi connectivity index (χ2v) is 15.8. The average Bonchev–Trinajstić information content (AvgIpc) is 3.54. The quantitative estimate of drug-likeness (QED) is 0.159. The molecule has 1 aliphatic rings. The summed E-state index contributed by atoms with van der Waals surface area (Å²) in [5.74, 6) is 1.90. The van der Waals surface area contributed by atoms with Crippen molar-refractivity contribution in [1.29, 1.82) is 0 Å². The van der Waals surface area contributed by atoms with Crippen molar-refractivity contribution in [2.75, 3.05) is 0 Å². The van der Waals surface area contributed by atoms with Gasteiger partial charge in [0.15, 0.2) is 17.5 Å². The molecular formula is C55H38N4. The van der Waals surface area contributed by atoms with Gasteiger partial charge in [-0.3, -0.25) is 0 Å². The lowest BCUT2D eigenvalue weighted by Crippen LogP contribution is -2.14. The Hall–Kier alpha value is -7.56. The van der Waals surface area contributed by atoms with Crippen LogP contribution in [0.4, 0.5) is 0 Å². The Morgan fingerprint density at radius 2 is 0.814 bits per heavy atom. The maximum absolute atomic E-state index is 5.15. The Bertz CT molecular complexity index is 3210. The van der Waals surface area contributed by atoms with Gasteiger partial charge in [-0.05, 0) is 56.6 Å². The first-order valence-corrected chi connectivity index (χ1v) is 20.1. The molecule has 0 atom stereocenters. The highest BCUT2D eigenvalue weighted by atomic mass is 15.0. The molecule has 4 nitrogen and oxygen atoms in total. The third kappa shape index (κ3) is 5.92. The van der Waals surface area contributed by atoms with E-state index < -0.39 is 0 Å². The molecule has 0 unspecified atom stereocenters. The number of rotatable bonds is 6. The first kappa shape index (κ1) is 34.7. The minimum Gasteiger partial charge on any atom is -0.247 e. The van der Waals surface area contributed by atoms with Crippen molar-refractivity contribution >= 4 is 21.7 Å². The maximum atomic E-state index is 5.15. The van der Waals surface area contributed by atoms with E-state index >= 15 is 0 Å². The minimum absolute atomic E-state index is 0.0537. The standard InChI is InChI=1S/C55H38N4/c1-55(2)47-22-11-9-18-43(47)44-33-32-41(34-48(44)55)35-24-28-39(29-25-35)53-57-52(38-16-7-4-8-17-38)58-54(59-53)40-30-26-36(27-31-40)42-20-13-21-46-50(42)45-19-10-12-23-49(45)56-51(46)37-14-5-3-6-15-37/h3-34H,1-2H3. The monoisotopic (exact) mass is 754 g/mol. The van der Waals surface area contributed by atoms with Gasteiger partial charge in [-0.1, -0.05) is 196 Å². The fourth-order valence-electron chi connectivity index (χ4n) is 8.90. The molecule has 278 valence electrons. The largest absolute Gasteiger partial charge is 0.247 e. The van der Waals surface area contributed by atoms with Gasteiger partial charge in [-0.2, -0.15) is 0 Å². The van der Waals surface area contributed by atoms with Crippen molar-refractivity contribution in [3.63, 3.8) is 0 Å². The second-order valence-electron chi connectivity index (χ2n) is 15.8. The van der Waals surface area contributed by atoms with Crippen molar-refractivity contribution in [1.82, 2.24) is 19.9 Å². The Labute approximate surface area is 343 Å². The van der Waals surface area contributed by atoms with Gasteiger partial charge >= 0.3 is 0 Å². The molecule has 59 heavy (non-hydrogen) atoms. The summed E-state index contributed by atoms with van der Waals surface area (Å²) in [6, 6.07) is 68.4. The molecule has 2 heterocycles. The molecule has 0 amide bonds. The lowest BCUT2D eigenvalue weighted by atomic mass is 9.81. The summed E-state index contributed by atoms with van der Waals surface area (Å²) in [5.41, 5.74) is 15.8. The zero-order valence-electron chi connectivity index (χ0n) is 32.8. The number of hydrogen-bond donors (Lipinski definition) is 0. The second kappa shape index (κ2) is 13.8. The van der Waals surface area contributed by atoms with Crippen LogP contribution in [-0.2, 0) is 5.41 Å². The van der Waals surface area contributed by atoms with Gasteiger partial charge in [-0.25, -0.2) is 19.9 Å². The van der Waals surface area contributed by atoms with Crippen molar-refractivity contribution in [2.24, 2.45) is 0 Å². The van der Waals surface area contributed by atoms with E-state index in [-0.39, 0.29) is 5.41 Å². The molecule has 0 saturated carbocycles. The Balaban J connectivity index is 0.972. The van der Waals surface area contributed by atoms with Crippen molar-refractivity contribution in [2.45, 2.75) is 19.3 Å². The van der Waals surface area contributed by atoms with Crippen LogP contribution < -0.4 is 0 Å². The van der Waals surface area contributed by atoms with E-state index in [4.69, 9.17) is 19.9 Å². The van der Waals surface area contributed by atoms with E-state index in [9.17, 15) is 0 Å². The van der Waals surface area contributed by atoms with Crippen LogP contribution in [0, 0.1) is 0 Å². The van der Waals surface area contributed by atoms with Gasteiger partial charge in [-0.15, -0.1) is 0 Å². The van der Waals surface area contributed by atoms with E-state index in [0.717, 1.165) is 60.9 Å². The van der Waals surface area contributed by atoms with Crippen molar-refractivity contribution in [3.05, 3.63) is 205 Å². The number of nitrogens with zero attached hydrogens (tertiary/aromatic N) is 4. The maximum Gasteiger partial charge on any atom is 0.164 e. The third-order valence-electron chi connectivity index (χ3n) is 12.0. The molecule has 8 aromatic carbocycles. The zero-order chi connectivity index (χ0) is 39.5. The molecule has 0 aliphatic heterocycles.